The summed E-state index contributed by atoms with van der Waals surface area (Å²) >= 11 is 0. The Kier molecular flexibility index (Phi) is 2.81. The molecule has 0 N–H and O–H groups in total. The molecular formula is C20H18. The van der Waals surface area contributed by atoms with Gasteiger partial charge >= 0.3 is 0 Å². The van der Waals surface area contributed by atoms with Crippen molar-refractivity contribution < 1.29 is 0 Å². The highest BCUT2D eigenvalue weighted by atomic mass is 14.4. The van der Waals surface area contributed by atoms with Gasteiger partial charge in [0.15, 0.2) is 0 Å². The lowest BCUT2D eigenvalue weighted by molar-refractivity contribution is 0.455. The van der Waals surface area contributed by atoms with Gasteiger partial charge in [-0.2, -0.15) is 0 Å². The van der Waals surface area contributed by atoms with Gasteiger partial charge in [0, 0.05) is 0 Å². The highest BCUT2D eigenvalue weighted by molar-refractivity contribution is 5.99. The predicted octanol–water partition coefficient (Wildman–Crippen LogP) is 5.19. The van der Waals surface area contributed by atoms with Crippen LogP contribution in [0.5, 0.6) is 0 Å². The van der Waals surface area contributed by atoms with Crippen molar-refractivity contribution in [1.29, 1.82) is 0 Å². The lowest BCUT2D eigenvalue weighted by Crippen LogP contribution is -2.30. The standard InChI is InChI=1S/C20H18/c1-3-9-15(10-4-1)19-17-13-7-8-14-18(17)20(19)16-11-5-2-6-12-16/h1-12,17-18H,13-14H2. The minimum atomic E-state index is 0.720. The molecule has 2 aliphatic carbocycles. The smallest absolute Gasteiger partial charge is 0.00462 e. The van der Waals surface area contributed by atoms with Crippen molar-refractivity contribution in [3.05, 3.63) is 83.9 Å². The molecule has 0 nitrogen and oxygen atoms in total. The molecule has 0 amide bonds. The molecule has 0 fully saturated rings. The van der Waals surface area contributed by atoms with Gasteiger partial charge in [0.05, 0.1) is 0 Å². The summed E-state index contributed by atoms with van der Waals surface area (Å²) in [7, 11) is 0. The second-order valence-electron chi connectivity index (χ2n) is 5.72. The number of fused-ring (bicyclic) bond motifs is 1. The van der Waals surface area contributed by atoms with Gasteiger partial charge in [0.1, 0.15) is 0 Å². The summed E-state index contributed by atoms with van der Waals surface area (Å²) in [5, 5.41) is 0. The Labute approximate surface area is 120 Å². The second-order valence-corrected chi connectivity index (χ2v) is 5.72. The van der Waals surface area contributed by atoms with Crippen molar-refractivity contribution in [3.8, 4) is 0 Å². The van der Waals surface area contributed by atoms with E-state index in [2.05, 4.69) is 72.8 Å². The van der Waals surface area contributed by atoms with Crippen LogP contribution in [0.1, 0.15) is 24.0 Å². The number of hydrogen-bond donors (Lipinski definition) is 0. The third kappa shape index (κ3) is 1.76. The van der Waals surface area contributed by atoms with Gasteiger partial charge in [-0.25, -0.2) is 0 Å². The monoisotopic (exact) mass is 258 g/mol. The number of rotatable bonds is 2. The van der Waals surface area contributed by atoms with Crippen molar-refractivity contribution >= 4 is 11.1 Å². The largest absolute Gasteiger partial charge is 0.0879 e. The molecule has 0 heteroatoms. The summed E-state index contributed by atoms with van der Waals surface area (Å²) in [6.45, 7) is 0. The minimum absolute atomic E-state index is 0.720. The van der Waals surface area contributed by atoms with Crippen LogP contribution in [-0.2, 0) is 0 Å². The van der Waals surface area contributed by atoms with E-state index >= 15 is 0 Å². The highest BCUT2D eigenvalue weighted by Crippen LogP contribution is 2.56. The molecule has 0 aromatic heterocycles. The normalized spacial score (nSPS) is 24.2. The number of benzene rings is 2. The third-order valence-electron chi connectivity index (χ3n) is 4.63. The number of allylic oxidation sites excluding steroid dienone is 4. The first-order valence-electron chi connectivity index (χ1n) is 7.45. The molecule has 0 radical (unpaired) electrons. The zero-order chi connectivity index (χ0) is 13.4. The molecule has 98 valence electrons. The minimum Gasteiger partial charge on any atom is -0.0879 e. The topological polar surface area (TPSA) is 0 Å². The predicted molar refractivity (Wildman–Crippen MR) is 85.1 cm³/mol. The fourth-order valence-corrected chi connectivity index (χ4v) is 3.73. The Hall–Kier alpha value is -2.08. The highest BCUT2D eigenvalue weighted by Gasteiger charge is 2.40. The molecule has 2 aliphatic rings. The van der Waals surface area contributed by atoms with Gasteiger partial charge in [0.25, 0.3) is 0 Å². The molecule has 0 saturated heterocycles. The van der Waals surface area contributed by atoms with Crippen LogP contribution in [0.2, 0.25) is 0 Å². The molecule has 0 aliphatic heterocycles. The first-order valence-corrected chi connectivity index (χ1v) is 7.45. The van der Waals surface area contributed by atoms with Crippen molar-refractivity contribution in [2.24, 2.45) is 11.8 Å². The van der Waals surface area contributed by atoms with Gasteiger partial charge in [-0.1, -0.05) is 72.8 Å². The first-order chi connectivity index (χ1) is 9.95. The molecule has 2 aromatic carbocycles. The summed E-state index contributed by atoms with van der Waals surface area (Å²) in [6.07, 6.45) is 7.11. The molecule has 0 bridgehead atoms. The zero-order valence-electron chi connectivity index (χ0n) is 11.5. The van der Waals surface area contributed by atoms with Crippen molar-refractivity contribution in [2.45, 2.75) is 12.8 Å². The van der Waals surface area contributed by atoms with E-state index in [1.165, 1.54) is 24.0 Å². The quantitative estimate of drug-likeness (QED) is 0.650. The van der Waals surface area contributed by atoms with E-state index in [-0.39, 0.29) is 0 Å². The fraction of sp³-hybridized carbons (Fsp3) is 0.200. The van der Waals surface area contributed by atoms with Gasteiger partial charge in [0.2, 0.25) is 0 Å². The Morgan fingerprint density at radius 2 is 0.950 bits per heavy atom. The van der Waals surface area contributed by atoms with Crippen LogP contribution in [0, 0.1) is 11.8 Å². The van der Waals surface area contributed by atoms with E-state index in [0.717, 1.165) is 11.8 Å². The van der Waals surface area contributed by atoms with Crippen LogP contribution >= 0.6 is 0 Å². The molecular weight excluding hydrogens is 240 g/mol. The summed E-state index contributed by atoms with van der Waals surface area (Å²) < 4.78 is 0. The lowest BCUT2D eigenvalue weighted by atomic mass is 9.59. The van der Waals surface area contributed by atoms with Gasteiger partial charge in [-0.15, -0.1) is 0 Å². The molecule has 0 spiro atoms. The van der Waals surface area contributed by atoms with Crippen LogP contribution < -0.4 is 0 Å². The van der Waals surface area contributed by atoms with E-state index in [4.69, 9.17) is 0 Å². The average molecular weight is 258 g/mol. The second kappa shape index (κ2) is 4.79. The molecule has 2 atom stereocenters. The van der Waals surface area contributed by atoms with Gasteiger partial charge in [-0.05, 0) is 47.0 Å². The van der Waals surface area contributed by atoms with E-state index in [0.29, 0.717) is 0 Å². The van der Waals surface area contributed by atoms with E-state index < -0.39 is 0 Å². The van der Waals surface area contributed by atoms with E-state index in [9.17, 15) is 0 Å². The molecule has 2 unspecified atom stereocenters. The zero-order valence-corrected chi connectivity index (χ0v) is 11.5. The lowest BCUT2D eigenvalue weighted by Gasteiger charge is -2.44. The summed E-state index contributed by atoms with van der Waals surface area (Å²) in [6, 6.07) is 21.8. The SMILES string of the molecule is C1=CCC2C(c3ccccc3)=C(c3ccccc3)C2C1. The molecule has 2 aromatic rings. The molecule has 0 saturated carbocycles. The Morgan fingerprint density at radius 3 is 1.35 bits per heavy atom. The third-order valence-corrected chi connectivity index (χ3v) is 4.63. The van der Waals surface area contributed by atoms with Crippen LogP contribution in [0.3, 0.4) is 0 Å². The summed E-state index contributed by atoms with van der Waals surface area (Å²) in [4.78, 5) is 0. The van der Waals surface area contributed by atoms with Crippen molar-refractivity contribution in [2.75, 3.05) is 0 Å². The maximum absolute atomic E-state index is 2.35. The van der Waals surface area contributed by atoms with Crippen molar-refractivity contribution in [1.82, 2.24) is 0 Å². The van der Waals surface area contributed by atoms with Gasteiger partial charge in [-0.3, -0.25) is 0 Å². The Morgan fingerprint density at radius 1 is 0.550 bits per heavy atom. The van der Waals surface area contributed by atoms with E-state index in [1.54, 1.807) is 11.1 Å². The maximum Gasteiger partial charge on any atom is -0.00462 e. The van der Waals surface area contributed by atoms with Crippen LogP contribution in [0.25, 0.3) is 11.1 Å². The van der Waals surface area contributed by atoms with Gasteiger partial charge < -0.3 is 0 Å². The molecule has 20 heavy (non-hydrogen) atoms. The van der Waals surface area contributed by atoms with E-state index in [1.807, 2.05) is 0 Å². The molecule has 4 rings (SSSR count). The molecule has 0 heterocycles. The Balaban J connectivity index is 1.86. The summed E-state index contributed by atoms with van der Waals surface area (Å²) in [5.74, 6) is 1.44. The first kappa shape index (κ1) is 11.7. The fourth-order valence-electron chi connectivity index (χ4n) is 3.73. The van der Waals surface area contributed by atoms with Crippen molar-refractivity contribution in [3.63, 3.8) is 0 Å². The summed E-state index contributed by atoms with van der Waals surface area (Å²) in [5.41, 5.74) is 5.96. The number of hydrogen-bond acceptors (Lipinski definition) is 0. The average Bonchev–Trinajstić information content (AvgIpc) is 2.51. The Bertz CT molecular complexity index is 602. The van der Waals surface area contributed by atoms with Crippen LogP contribution in [0.15, 0.2) is 72.8 Å². The maximum atomic E-state index is 2.35. The van der Waals surface area contributed by atoms with Crippen LogP contribution in [0.4, 0.5) is 0 Å². The van der Waals surface area contributed by atoms with Crippen LogP contribution in [-0.4, -0.2) is 0 Å².